The maximum absolute atomic E-state index is 13.3. The predicted molar refractivity (Wildman–Crippen MR) is 119 cm³/mol. The van der Waals surface area contributed by atoms with E-state index in [4.69, 9.17) is 4.74 Å². The number of hydrogen-bond donors (Lipinski definition) is 1. The number of hydrogen-bond acceptors (Lipinski definition) is 3. The third-order valence-corrected chi connectivity index (χ3v) is 5.13. The number of halogens is 1. The van der Waals surface area contributed by atoms with Crippen LogP contribution in [0.4, 0.5) is 4.39 Å². The Hall–Kier alpha value is -2.98. The van der Waals surface area contributed by atoms with E-state index in [1.165, 1.54) is 17.7 Å². The maximum Gasteiger partial charge on any atom is 0.193 e. The van der Waals surface area contributed by atoms with Crippen molar-refractivity contribution in [2.24, 2.45) is 0 Å². The highest BCUT2D eigenvalue weighted by molar-refractivity contribution is 6.09. The van der Waals surface area contributed by atoms with Crippen molar-refractivity contribution in [3.8, 4) is 5.75 Å². The highest BCUT2D eigenvalue weighted by Gasteiger charge is 2.15. The summed E-state index contributed by atoms with van der Waals surface area (Å²) in [6.07, 6.45) is 0.536. The largest absolute Gasteiger partial charge is 0.486 e. The fourth-order valence-corrected chi connectivity index (χ4v) is 3.28. The summed E-state index contributed by atoms with van der Waals surface area (Å²) in [7, 11) is 1.88. The molecule has 1 N–H and O–H groups in total. The van der Waals surface area contributed by atoms with Crippen LogP contribution in [-0.4, -0.2) is 19.4 Å². The molecule has 0 aromatic heterocycles. The van der Waals surface area contributed by atoms with Crippen LogP contribution in [0.25, 0.3) is 0 Å². The third-order valence-electron chi connectivity index (χ3n) is 5.13. The van der Waals surface area contributed by atoms with Gasteiger partial charge < -0.3 is 10.1 Å². The highest BCUT2D eigenvalue weighted by atomic mass is 19.1. The molecule has 156 valence electrons. The Balaban J connectivity index is 1.72. The van der Waals surface area contributed by atoms with Crippen LogP contribution in [0.15, 0.2) is 72.8 Å². The Labute approximate surface area is 177 Å². The number of ether oxygens (including phenoxy) is 1. The van der Waals surface area contributed by atoms with Crippen molar-refractivity contribution in [1.82, 2.24) is 5.32 Å². The summed E-state index contributed by atoms with van der Waals surface area (Å²) in [6, 6.07) is 21.3. The molecule has 0 radical (unpaired) electrons. The van der Waals surface area contributed by atoms with Gasteiger partial charge in [-0.1, -0.05) is 50.2 Å². The molecule has 0 amide bonds. The molecule has 30 heavy (non-hydrogen) atoms. The molecule has 0 aliphatic carbocycles. The number of nitrogens with one attached hydrogen (secondary N) is 1. The number of benzene rings is 3. The van der Waals surface area contributed by atoms with Gasteiger partial charge in [0.1, 0.15) is 17.7 Å². The van der Waals surface area contributed by atoms with Crippen LogP contribution in [0.1, 0.15) is 59.3 Å². The van der Waals surface area contributed by atoms with Gasteiger partial charge in [-0.15, -0.1) is 0 Å². The molecule has 0 fully saturated rings. The van der Waals surface area contributed by atoms with Gasteiger partial charge in [0.2, 0.25) is 0 Å². The molecular weight excluding hydrogens is 377 g/mol. The molecule has 3 aromatic rings. The molecule has 0 heterocycles. The lowest BCUT2D eigenvalue weighted by atomic mass is 9.98. The van der Waals surface area contributed by atoms with Crippen molar-refractivity contribution < 1.29 is 13.9 Å². The summed E-state index contributed by atoms with van der Waals surface area (Å²) < 4.78 is 19.4. The zero-order chi connectivity index (χ0) is 21.5. The zero-order valence-electron chi connectivity index (χ0n) is 17.7. The molecule has 0 spiro atoms. The fourth-order valence-electron chi connectivity index (χ4n) is 3.28. The lowest BCUT2D eigenvalue weighted by Crippen LogP contribution is -2.16. The van der Waals surface area contributed by atoms with Crippen LogP contribution in [-0.2, 0) is 0 Å². The minimum Gasteiger partial charge on any atom is -0.486 e. The van der Waals surface area contributed by atoms with Gasteiger partial charge in [0, 0.05) is 17.5 Å². The average molecular weight is 406 g/mol. The number of ketones is 1. The number of carbonyl (C=O) groups is 1. The molecule has 3 nitrogen and oxygen atoms in total. The maximum atomic E-state index is 13.3. The van der Waals surface area contributed by atoms with E-state index in [0.717, 1.165) is 18.5 Å². The van der Waals surface area contributed by atoms with Crippen LogP contribution >= 0.6 is 0 Å². The second-order valence-electron chi connectivity index (χ2n) is 7.68. The predicted octanol–water partition coefficient (Wildman–Crippen LogP) is 5.91. The average Bonchev–Trinajstić information content (AvgIpc) is 2.77. The highest BCUT2D eigenvalue weighted by Crippen LogP contribution is 2.26. The number of rotatable bonds is 9. The van der Waals surface area contributed by atoms with Gasteiger partial charge in [0.15, 0.2) is 5.78 Å². The second-order valence-corrected chi connectivity index (χ2v) is 7.68. The zero-order valence-corrected chi connectivity index (χ0v) is 17.7. The van der Waals surface area contributed by atoms with Crippen molar-refractivity contribution in [3.63, 3.8) is 0 Å². The van der Waals surface area contributed by atoms with E-state index in [1.54, 1.807) is 24.3 Å². The topological polar surface area (TPSA) is 38.3 Å². The first-order valence-electron chi connectivity index (χ1n) is 10.3. The van der Waals surface area contributed by atoms with Crippen molar-refractivity contribution in [2.75, 3.05) is 13.6 Å². The molecule has 3 aromatic carbocycles. The van der Waals surface area contributed by atoms with E-state index >= 15 is 0 Å². The second kappa shape index (κ2) is 10.2. The van der Waals surface area contributed by atoms with E-state index < -0.39 is 0 Å². The Morgan fingerprint density at radius 1 is 0.867 bits per heavy atom. The normalized spacial score (nSPS) is 12.0. The van der Waals surface area contributed by atoms with Crippen molar-refractivity contribution in [2.45, 2.75) is 32.3 Å². The molecule has 0 aliphatic rings. The van der Waals surface area contributed by atoms with Crippen molar-refractivity contribution in [1.29, 1.82) is 0 Å². The van der Waals surface area contributed by atoms with E-state index in [2.05, 4.69) is 19.2 Å². The van der Waals surface area contributed by atoms with Crippen LogP contribution in [0.2, 0.25) is 0 Å². The van der Waals surface area contributed by atoms with Crippen molar-refractivity contribution in [3.05, 3.63) is 101 Å². The molecule has 1 atom stereocenters. The Morgan fingerprint density at radius 2 is 1.40 bits per heavy atom. The van der Waals surface area contributed by atoms with E-state index in [9.17, 15) is 9.18 Å². The summed E-state index contributed by atoms with van der Waals surface area (Å²) >= 11 is 0. The van der Waals surface area contributed by atoms with E-state index in [-0.39, 0.29) is 17.7 Å². The van der Waals surface area contributed by atoms with Crippen LogP contribution in [0, 0.1) is 5.82 Å². The first-order valence-corrected chi connectivity index (χ1v) is 10.3. The van der Waals surface area contributed by atoms with Crippen molar-refractivity contribution >= 4 is 5.78 Å². The molecule has 0 saturated carbocycles. The monoisotopic (exact) mass is 405 g/mol. The third kappa shape index (κ3) is 5.55. The van der Waals surface area contributed by atoms with Crippen LogP contribution < -0.4 is 10.1 Å². The van der Waals surface area contributed by atoms with Gasteiger partial charge in [-0.05, 0) is 67.0 Å². The molecule has 4 heteroatoms. The molecule has 3 rings (SSSR count). The smallest absolute Gasteiger partial charge is 0.193 e. The quantitative estimate of drug-likeness (QED) is 0.450. The first kappa shape index (κ1) is 21.7. The van der Waals surface area contributed by atoms with E-state index in [0.29, 0.717) is 22.8 Å². The molecule has 0 saturated heterocycles. The van der Waals surface area contributed by atoms with Gasteiger partial charge in [-0.25, -0.2) is 4.39 Å². The Morgan fingerprint density at radius 3 is 1.93 bits per heavy atom. The van der Waals surface area contributed by atoms with Crippen LogP contribution in [0.5, 0.6) is 5.75 Å². The summed E-state index contributed by atoms with van der Waals surface area (Å²) in [4.78, 5) is 12.8. The SMILES string of the molecule is CNCCC(Oc1ccc(C(=O)c2ccc(C(C)C)cc2)cc1)c1ccc(F)cc1. The number of carbonyl (C=O) groups excluding carboxylic acids is 1. The molecule has 0 bridgehead atoms. The van der Waals surface area contributed by atoms with Gasteiger partial charge >= 0.3 is 0 Å². The standard InChI is InChI=1S/C26H28FNO2/c1-18(2)19-4-6-21(7-5-19)26(29)22-10-14-24(15-11-22)30-25(16-17-28-3)20-8-12-23(27)13-9-20/h4-15,18,25,28H,16-17H2,1-3H3. The van der Waals surface area contributed by atoms with Gasteiger partial charge in [0.25, 0.3) is 0 Å². The summed E-state index contributed by atoms with van der Waals surface area (Å²) in [5, 5.41) is 3.12. The Bertz CT molecular complexity index is 948. The molecule has 0 aliphatic heterocycles. The van der Waals surface area contributed by atoms with Crippen LogP contribution in [0.3, 0.4) is 0 Å². The fraction of sp³-hybridized carbons (Fsp3) is 0.269. The lowest BCUT2D eigenvalue weighted by Gasteiger charge is -2.20. The van der Waals surface area contributed by atoms with E-state index in [1.807, 2.05) is 43.4 Å². The molecule has 1 unspecified atom stereocenters. The van der Waals surface area contributed by atoms with Gasteiger partial charge in [-0.3, -0.25) is 4.79 Å². The minimum absolute atomic E-state index is 0.0119. The summed E-state index contributed by atoms with van der Waals surface area (Å²) in [6.45, 7) is 5.03. The van der Waals surface area contributed by atoms with Gasteiger partial charge in [0.05, 0.1) is 0 Å². The van der Waals surface area contributed by atoms with Gasteiger partial charge in [-0.2, -0.15) is 0 Å². The molecular formula is C26H28FNO2. The summed E-state index contributed by atoms with van der Waals surface area (Å²) in [5.74, 6) is 0.826. The minimum atomic E-state index is -0.268. The summed E-state index contributed by atoms with van der Waals surface area (Å²) in [5.41, 5.74) is 3.42. The first-order chi connectivity index (χ1) is 14.5. The lowest BCUT2D eigenvalue weighted by molar-refractivity contribution is 0.103. The Kier molecular flexibility index (Phi) is 7.36.